The number of nitrogens with zero attached hydrogens (tertiary/aromatic N) is 1. The van der Waals surface area contributed by atoms with Gasteiger partial charge in [0, 0.05) is 18.8 Å². The van der Waals surface area contributed by atoms with Crippen molar-refractivity contribution < 1.29 is 13.9 Å². The van der Waals surface area contributed by atoms with Crippen molar-refractivity contribution in [3.63, 3.8) is 0 Å². The first kappa shape index (κ1) is 15.6. The van der Waals surface area contributed by atoms with Crippen molar-refractivity contribution in [2.24, 2.45) is 5.92 Å². The summed E-state index contributed by atoms with van der Waals surface area (Å²) in [5, 5.41) is 0. The Hall–Kier alpha value is -1.78. The number of rotatable bonds is 3. The molecule has 0 aliphatic heterocycles. The van der Waals surface area contributed by atoms with Crippen LogP contribution in [0.2, 0.25) is 0 Å². The first-order valence-corrected chi connectivity index (χ1v) is 7.34. The normalized spacial score (nSPS) is 21.9. The van der Waals surface area contributed by atoms with Gasteiger partial charge in [-0.3, -0.25) is 0 Å². The van der Waals surface area contributed by atoms with Gasteiger partial charge in [0.2, 0.25) is 0 Å². The fourth-order valence-corrected chi connectivity index (χ4v) is 3.08. The lowest BCUT2D eigenvalue weighted by molar-refractivity contribution is 0.0602. The van der Waals surface area contributed by atoms with E-state index in [2.05, 4.69) is 6.92 Å². The number of ether oxygens (including phenoxy) is 1. The molecule has 1 aromatic rings. The van der Waals surface area contributed by atoms with Gasteiger partial charge in [0.05, 0.1) is 18.4 Å². The summed E-state index contributed by atoms with van der Waals surface area (Å²) < 4.78 is 18.9. The van der Waals surface area contributed by atoms with Crippen LogP contribution in [0.15, 0.2) is 12.1 Å². The van der Waals surface area contributed by atoms with Crippen LogP contribution in [0.25, 0.3) is 0 Å². The number of hydrogen-bond acceptors (Lipinski definition) is 4. The largest absolute Gasteiger partial charge is 0.465 e. The molecule has 4 nitrogen and oxygen atoms in total. The number of anilines is 2. The number of methoxy groups -OCH3 is 1. The molecule has 2 atom stereocenters. The maximum atomic E-state index is 14.2. The molecule has 1 fully saturated rings. The summed E-state index contributed by atoms with van der Waals surface area (Å²) in [6, 6.07) is 2.98. The Balaban J connectivity index is 2.31. The zero-order chi connectivity index (χ0) is 15.6. The molecular formula is C16H23FN2O2. The fourth-order valence-electron chi connectivity index (χ4n) is 3.08. The molecule has 2 N–H and O–H groups in total. The predicted molar refractivity (Wildman–Crippen MR) is 82.0 cm³/mol. The Kier molecular flexibility index (Phi) is 4.70. The zero-order valence-corrected chi connectivity index (χ0v) is 12.9. The van der Waals surface area contributed by atoms with Crippen LogP contribution in [0.3, 0.4) is 0 Å². The lowest BCUT2D eigenvalue weighted by Gasteiger charge is -2.36. The second-order valence-corrected chi connectivity index (χ2v) is 5.92. The van der Waals surface area contributed by atoms with Crippen LogP contribution in [0.5, 0.6) is 0 Å². The fraction of sp³-hybridized carbons (Fsp3) is 0.562. The quantitative estimate of drug-likeness (QED) is 0.687. The Bertz CT molecular complexity index is 533. The minimum Gasteiger partial charge on any atom is -0.465 e. The van der Waals surface area contributed by atoms with Crippen molar-refractivity contribution in [1.29, 1.82) is 0 Å². The smallest absolute Gasteiger partial charge is 0.340 e. The average Bonchev–Trinajstić information content (AvgIpc) is 2.46. The highest BCUT2D eigenvalue weighted by atomic mass is 19.1. The summed E-state index contributed by atoms with van der Waals surface area (Å²) in [6.07, 6.45) is 4.45. The van der Waals surface area contributed by atoms with Gasteiger partial charge in [-0.1, -0.05) is 19.8 Å². The van der Waals surface area contributed by atoms with E-state index in [-0.39, 0.29) is 17.3 Å². The number of nitrogens with two attached hydrogens (primary N) is 1. The Morgan fingerprint density at radius 2 is 2.14 bits per heavy atom. The van der Waals surface area contributed by atoms with Gasteiger partial charge in [-0.25, -0.2) is 9.18 Å². The number of carbonyl (C=O) groups is 1. The molecule has 0 heterocycles. The van der Waals surface area contributed by atoms with E-state index in [1.165, 1.54) is 25.7 Å². The monoisotopic (exact) mass is 294 g/mol. The van der Waals surface area contributed by atoms with E-state index in [1.54, 1.807) is 0 Å². The molecule has 2 rings (SSSR count). The highest BCUT2D eigenvalue weighted by molar-refractivity contribution is 5.96. The first-order chi connectivity index (χ1) is 9.93. The van der Waals surface area contributed by atoms with Gasteiger partial charge in [-0.2, -0.15) is 0 Å². The van der Waals surface area contributed by atoms with Crippen LogP contribution in [-0.2, 0) is 4.74 Å². The van der Waals surface area contributed by atoms with Gasteiger partial charge >= 0.3 is 5.97 Å². The molecule has 21 heavy (non-hydrogen) atoms. The number of hydrogen-bond donors (Lipinski definition) is 1. The van der Waals surface area contributed by atoms with E-state index >= 15 is 0 Å². The SMILES string of the molecule is COC(=O)c1cc(N(C)C2CCCC(C)C2)c(F)cc1N. The van der Waals surface area contributed by atoms with Crippen molar-refractivity contribution in [2.75, 3.05) is 24.8 Å². The minimum absolute atomic E-state index is 0.105. The zero-order valence-electron chi connectivity index (χ0n) is 12.9. The Morgan fingerprint density at radius 3 is 2.76 bits per heavy atom. The average molecular weight is 294 g/mol. The third kappa shape index (κ3) is 3.28. The molecule has 0 spiro atoms. The summed E-state index contributed by atoms with van der Waals surface area (Å²) in [6.45, 7) is 2.22. The second-order valence-electron chi connectivity index (χ2n) is 5.92. The summed E-state index contributed by atoms with van der Waals surface area (Å²) in [5.74, 6) is -0.303. The number of benzene rings is 1. The Labute approximate surface area is 125 Å². The molecule has 0 bridgehead atoms. The van der Waals surface area contributed by atoms with Crippen LogP contribution < -0.4 is 10.6 Å². The summed E-state index contributed by atoms with van der Waals surface area (Å²) in [7, 11) is 3.16. The third-order valence-electron chi connectivity index (χ3n) is 4.36. The molecule has 0 amide bonds. The lowest BCUT2D eigenvalue weighted by Crippen LogP contribution is -2.36. The summed E-state index contributed by atoms with van der Waals surface area (Å²) >= 11 is 0. The number of carbonyl (C=O) groups excluding carboxylic acids is 1. The van der Waals surface area contributed by atoms with E-state index in [4.69, 9.17) is 10.5 Å². The first-order valence-electron chi connectivity index (χ1n) is 7.34. The topological polar surface area (TPSA) is 55.6 Å². The molecule has 1 aliphatic rings. The van der Waals surface area contributed by atoms with Gasteiger partial charge < -0.3 is 15.4 Å². The van der Waals surface area contributed by atoms with Crippen LogP contribution >= 0.6 is 0 Å². The summed E-state index contributed by atoms with van der Waals surface area (Å²) in [4.78, 5) is 13.6. The van der Waals surface area contributed by atoms with Crippen LogP contribution in [0.4, 0.5) is 15.8 Å². The molecule has 1 aromatic carbocycles. The van der Waals surface area contributed by atoms with Gasteiger partial charge in [-0.05, 0) is 30.9 Å². The van der Waals surface area contributed by atoms with E-state index in [1.807, 2.05) is 11.9 Å². The highest BCUT2D eigenvalue weighted by Crippen LogP contribution is 2.32. The van der Waals surface area contributed by atoms with Crippen molar-refractivity contribution in [3.8, 4) is 0 Å². The highest BCUT2D eigenvalue weighted by Gasteiger charge is 2.25. The van der Waals surface area contributed by atoms with E-state index in [0.29, 0.717) is 11.6 Å². The summed E-state index contributed by atoms with van der Waals surface area (Å²) in [5.41, 5.74) is 6.43. The molecule has 0 saturated heterocycles. The number of halogens is 1. The Morgan fingerprint density at radius 1 is 1.43 bits per heavy atom. The van der Waals surface area contributed by atoms with E-state index < -0.39 is 11.8 Å². The third-order valence-corrected chi connectivity index (χ3v) is 4.36. The number of nitrogen functional groups attached to an aromatic ring is 1. The van der Waals surface area contributed by atoms with E-state index in [0.717, 1.165) is 19.3 Å². The minimum atomic E-state index is -0.542. The van der Waals surface area contributed by atoms with Crippen molar-refractivity contribution >= 4 is 17.3 Å². The lowest BCUT2D eigenvalue weighted by atomic mass is 9.86. The van der Waals surface area contributed by atoms with Crippen LogP contribution in [0.1, 0.15) is 43.0 Å². The van der Waals surface area contributed by atoms with Crippen molar-refractivity contribution in [2.45, 2.75) is 38.6 Å². The molecule has 1 saturated carbocycles. The van der Waals surface area contributed by atoms with Gasteiger partial charge in [0.25, 0.3) is 0 Å². The van der Waals surface area contributed by atoms with Crippen LogP contribution in [0, 0.1) is 11.7 Å². The van der Waals surface area contributed by atoms with Crippen LogP contribution in [-0.4, -0.2) is 26.2 Å². The second kappa shape index (κ2) is 6.33. The number of esters is 1. The van der Waals surface area contributed by atoms with Gasteiger partial charge in [0.1, 0.15) is 5.82 Å². The molecule has 116 valence electrons. The molecule has 1 aliphatic carbocycles. The molecular weight excluding hydrogens is 271 g/mol. The maximum absolute atomic E-state index is 14.2. The maximum Gasteiger partial charge on any atom is 0.340 e. The van der Waals surface area contributed by atoms with Gasteiger partial charge in [0.15, 0.2) is 0 Å². The molecule has 5 heteroatoms. The molecule has 0 aromatic heterocycles. The standard InChI is InChI=1S/C16H23FN2O2/c1-10-5-4-6-11(7-10)19(2)15-8-12(16(20)21-3)14(18)9-13(15)17/h8-11H,4-7,18H2,1-3H3. The van der Waals surface area contributed by atoms with Crippen molar-refractivity contribution in [1.82, 2.24) is 0 Å². The van der Waals surface area contributed by atoms with Gasteiger partial charge in [-0.15, -0.1) is 0 Å². The van der Waals surface area contributed by atoms with Crippen molar-refractivity contribution in [3.05, 3.63) is 23.5 Å². The predicted octanol–water partition coefficient (Wildman–Crippen LogP) is 3.21. The molecule has 2 unspecified atom stereocenters. The van der Waals surface area contributed by atoms with E-state index in [9.17, 15) is 9.18 Å². The molecule has 0 radical (unpaired) electrons.